The van der Waals surface area contributed by atoms with Crippen LogP contribution in [-0.4, -0.2) is 75.5 Å². The van der Waals surface area contributed by atoms with Gasteiger partial charge in [0.2, 0.25) is 0 Å². The standard InChI is InChI=1S/C34H47N3O3/c38-29-19-24-12-15-35-31(26(24)20-30(29)39)27-22-34(40)14-8-4-1-2-5-9-16-36-18-13-28(27)33(23-36)21-25-11-7-3-6-10-17-37(25)32(33)34/h1,4,7,11,19-20,22,25,28,31-32,35,38-40H,2-3,5-6,8-10,12-18,21,23H2/b4-1-,11-7-/t25-,28+,31+,32+,33-,34-/m0/s1. The maximum absolute atomic E-state index is 13.0. The van der Waals surface area contributed by atoms with Crippen molar-refractivity contribution in [1.29, 1.82) is 0 Å². The van der Waals surface area contributed by atoms with Crippen molar-refractivity contribution in [2.75, 3.05) is 32.7 Å². The molecule has 4 N–H and O–H groups in total. The molecule has 0 aromatic heterocycles. The summed E-state index contributed by atoms with van der Waals surface area (Å²) in [5, 5.41) is 37.6. The molecule has 1 unspecified atom stereocenters. The molecule has 216 valence electrons. The van der Waals surface area contributed by atoms with Gasteiger partial charge in [0.15, 0.2) is 11.5 Å². The molecule has 1 spiro atoms. The molecule has 6 heteroatoms. The number of hydrogen-bond donors (Lipinski definition) is 4. The van der Waals surface area contributed by atoms with Crippen molar-refractivity contribution in [3.8, 4) is 11.5 Å². The monoisotopic (exact) mass is 545 g/mol. The van der Waals surface area contributed by atoms with Crippen LogP contribution in [0.25, 0.3) is 0 Å². The smallest absolute Gasteiger partial charge is 0.157 e. The average Bonchev–Trinajstić information content (AvgIpc) is 3.22. The molecule has 7 rings (SSSR count). The van der Waals surface area contributed by atoms with Crippen molar-refractivity contribution in [3.63, 3.8) is 0 Å². The summed E-state index contributed by atoms with van der Waals surface area (Å²) in [4.78, 5) is 5.44. The quantitative estimate of drug-likeness (QED) is 0.295. The van der Waals surface area contributed by atoms with Gasteiger partial charge in [-0.05, 0) is 125 Å². The van der Waals surface area contributed by atoms with Crippen LogP contribution in [0.15, 0.2) is 48.1 Å². The molecule has 5 heterocycles. The van der Waals surface area contributed by atoms with Crippen molar-refractivity contribution in [2.45, 2.75) is 94.4 Å². The van der Waals surface area contributed by atoms with Crippen molar-refractivity contribution >= 4 is 0 Å². The fraction of sp³-hybridized carbons (Fsp3) is 0.647. The molecule has 0 amide bonds. The fourth-order valence-corrected chi connectivity index (χ4v) is 9.58. The zero-order valence-corrected chi connectivity index (χ0v) is 23.9. The Morgan fingerprint density at radius 3 is 2.60 bits per heavy atom. The van der Waals surface area contributed by atoms with Crippen LogP contribution >= 0.6 is 0 Å². The molecule has 0 radical (unpaired) electrons. The summed E-state index contributed by atoms with van der Waals surface area (Å²) in [6, 6.07) is 3.96. The van der Waals surface area contributed by atoms with Gasteiger partial charge in [0.1, 0.15) is 0 Å². The van der Waals surface area contributed by atoms with Gasteiger partial charge in [0.25, 0.3) is 0 Å². The number of piperidine rings is 1. The number of fused-ring (bicyclic) bond motifs is 3. The normalized spacial score (nSPS) is 41.5. The Morgan fingerprint density at radius 2 is 1.70 bits per heavy atom. The first-order valence-electron chi connectivity index (χ1n) is 16.0. The third-order valence-corrected chi connectivity index (χ3v) is 11.1. The number of aliphatic hydroxyl groups is 1. The lowest BCUT2D eigenvalue weighted by Crippen LogP contribution is -2.66. The number of rotatable bonds is 1. The molecule has 6 aliphatic rings. The maximum Gasteiger partial charge on any atom is 0.157 e. The Hall–Kier alpha value is -2.12. The number of benzene rings is 1. The lowest BCUT2D eigenvalue weighted by Gasteiger charge is -2.59. The molecule has 1 aromatic rings. The Balaban J connectivity index is 1.39. The summed E-state index contributed by atoms with van der Waals surface area (Å²) >= 11 is 0. The lowest BCUT2D eigenvalue weighted by molar-refractivity contribution is -0.0983. The van der Waals surface area contributed by atoms with E-state index in [1.165, 1.54) is 31.3 Å². The largest absolute Gasteiger partial charge is 0.504 e. The van der Waals surface area contributed by atoms with E-state index < -0.39 is 5.60 Å². The van der Waals surface area contributed by atoms with Crippen LogP contribution in [0.2, 0.25) is 0 Å². The SMILES string of the molecule is Oc1cc2c(cc1O)[C@H](C1=C[C@@]3(O)CC/C=C\CCCCN4CC[C@H]1[C@]1(C[C@@H]5/C=C\CCCCN5[C@H]13)C4)NCC2. The second kappa shape index (κ2) is 10.6. The molecular weight excluding hydrogens is 498 g/mol. The Morgan fingerprint density at radius 1 is 0.900 bits per heavy atom. The Bertz CT molecular complexity index is 1210. The first kappa shape index (κ1) is 26.8. The van der Waals surface area contributed by atoms with E-state index in [0.29, 0.717) is 12.0 Å². The molecule has 3 bridgehead atoms. The zero-order chi connectivity index (χ0) is 27.3. The summed E-state index contributed by atoms with van der Waals surface area (Å²) in [5.41, 5.74) is 2.54. The molecule has 1 aliphatic carbocycles. The van der Waals surface area contributed by atoms with Crippen LogP contribution in [0.5, 0.6) is 11.5 Å². The van der Waals surface area contributed by atoms with Crippen molar-refractivity contribution < 1.29 is 15.3 Å². The van der Waals surface area contributed by atoms with E-state index in [9.17, 15) is 15.3 Å². The van der Waals surface area contributed by atoms with Gasteiger partial charge >= 0.3 is 0 Å². The molecule has 2 fully saturated rings. The third-order valence-electron chi connectivity index (χ3n) is 11.1. The van der Waals surface area contributed by atoms with Gasteiger partial charge in [-0.1, -0.05) is 30.4 Å². The molecular formula is C34H47N3O3. The minimum atomic E-state index is -0.923. The number of nitrogens with zero attached hydrogens (tertiary/aromatic N) is 2. The summed E-state index contributed by atoms with van der Waals surface area (Å²) in [5.74, 6) is 0.277. The van der Waals surface area contributed by atoms with E-state index in [1.54, 1.807) is 12.1 Å². The second-order valence-electron chi connectivity index (χ2n) is 13.5. The highest BCUT2D eigenvalue weighted by molar-refractivity contribution is 5.51. The molecule has 6 nitrogen and oxygen atoms in total. The van der Waals surface area contributed by atoms with E-state index in [1.807, 2.05) is 0 Å². The van der Waals surface area contributed by atoms with Gasteiger partial charge < -0.3 is 25.5 Å². The molecule has 5 aliphatic heterocycles. The van der Waals surface area contributed by atoms with Gasteiger partial charge in [-0.2, -0.15) is 0 Å². The molecule has 40 heavy (non-hydrogen) atoms. The predicted octanol–water partition coefficient (Wildman–Crippen LogP) is 4.97. The number of nitrogens with one attached hydrogen (secondary N) is 1. The molecule has 0 saturated carbocycles. The first-order valence-corrected chi connectivity index (χ1v) is 16.0. The maximum atomic E-state index is 13.0. The highest BCUT2D eigenvalue weighted by atomic mass is 16.3. The molecule has 2 saturated heterocycles. The fourth-order valence-electron chi connectivity index (χ4n) is 9.58. The first-order chi connectivity index (χ1) is 19.5. The topological polar surface area (TPSA) is 79.2 Å². The lowest BCUT2D eigenvalue weighted by atomic mass is 9.54. The highest BCUT2D eigenvalue weighted by Gasteiger charge is 2.66. The van der Waals surface area contributed by atoms with E-state index in [0.717, 1.165) is 88.8 Å². The van der Waals surface area contributed by atoms with Crippen molar-refractivity contribution in [3.05, 3.63) is 59.2 Å². The van der Waals surface area contributed by atoms with Gasteiger partial charge in [0.05, 0.1) is 17.7 Å². The van der Waals surface area contributed by atoms with Crippen LogP contribution in [0.3, 0.4) is 0 Å². The van der Waals surface area contributed by atoms with Gasteiger partial charge in [-0.25, -0.2) is 0 Å². The number of phenols is 2. The molecule has 7 atom stereocenters. The van der Waals surface area contributed by atoms with E-state index in [-0.39, 0.29) is 29.0 Å². The minimum absolute atomic E-state index is 0.0214. The van der Waals surface area contributed by atoms with Crippen LogP contribution < -0.4 is 5.32 Å². The number of allylic oxidation sites excluding steroid dienone is 3. The van der Waals surface area contributed by atoms with Crippen LogP contribution in [0.1, 0.15) is 81.4 Å². The zero-order valence-electron chi connectivity index (χ0n) is 23.9. The van der Waals surface area contributed by atoms with Crippen molar-refractivity contribution in [1.82, 2.24) is 15.1 Å². The Labute approximate surface area is 239 Å². The highest BCUT2D eigenvalue weighted by Crippen LogP contribution is 2.61. The summed E-state index contributed by atoms with van der Waals surface area (Å²) in [7, 11) is 0. The van der Waals surface area contributed by atoms with E-state index in [2.05, 4.69) is 45.5 Å². The second-order valence-corrected chi connectivity index (χ2v) is 13.5. The summed E-state index contributed by atoms with van der Waals surface area (Å²) < 4.78 is 0. The van der Waals surface area contributed by atoms with Crippen LogP contribution in [0.4, 0.5) is 0 Å². The third kappa shape index (κ3) is 4.46. The average molecular weight is 546 g/mol. The van der Waals surface area contributed by atoms with Crippen LogP contribution in [0, 0.1) is 11.3 Å². The van der Waals surface area contributed by atoms with Gasteiger partial charge in [-0.3, -0.25) is 4.90 Å². The number of hydrogen-bond acceptors (Lipinski definition) is 6. The summed E-state index contributed by atoms with van der Waals surface area (Å²) in [6.45, 7) is 5.19. The number of phenolic OH excluding ortho intramolecular Hbond substituents is 2. The minimum Gasteiger partial charge on any atom is -0.504 e. The van der Waals surface area contributed by atoms with Crippen LogP contribution in [-0.2, 0) is 6.42 Å². The number of aromatic hydroxyl groups is 2. The Kier molecular flexibility index (Phi) is 7.10. The summed E-state index contributed by atoms with van der Waals surface area (Å²) in [6.07, 6.45) is 23.6. The predicted molar refractivity (Wildman–Crippen MR) is 158 cm³/mol. The van der Waals surface area contributed by atoms with Crippen molar-refractivity contribution in [2.24, 2.45) is 11.3 Å². The van der Waals surface area contributed by atoms with E-state index >= 15 is 0 Å². The molecule has 1 aromatic carbocycles. The van der Waals surface area contributed by atoms with E-state index in [4.69, 9.17) is 0 Å². The van der Waals surface area contributed by atoms with Gasteiger partial charge in [-0.15, -0.1) is 0 Å². The van der Waals surface area contributed by atoms with Gasteiger partial charge in [0, 0.05) is 24.5 Å².